The smallest absolute Gasteiger partial charge is 0.222 e. The molecule has 0 spiro atoms. The summed E-state index contributed by atoms with van der Waals surface area (Å²) in [4.78, 5) is 22.2. The van der Waals surface area contributed by atoms with E-state index in [1.807, 2.05) is 4.90 Å². The molecule has 2 fully saturated rings. The van der Waals surface area contributed by atoms with Crippen molar-refractivity contribution < 1.29 is 17.6 Å². The van der Waals surface area contributed by atoms with Gasteiger partial charge in [0.15, 0.2) is 27.4 Å². The third kappa shape index (κ3) is 6.02. The van der Waals surface area contributed by atoms with Crippen molar-refractivity contribution in [2.75, 3.05) is 43.1 Å². The van der Waals surface area contributed by atoms with Crippen LogP contribution in [-0.4, -0.2) is 75.5 Å². The molecule has 0 aromatic carbocycles. The minimum absolute atomic E-state index is 0.0183. The molecular weight excluding hydrogens is 399 g/mol. The molecule has 0 radical (unpaired) electrons. The quantitative estimate of drug-likeness (QED) is 0.421. The highest BCUT2D eigenvalue weighted by Crippen LogP contribution is 2.20. The Morgan fingerprint density at radius 2 is 2.17 bits per heavy atom. The fourth-order valence-electron chi connectivity index (χ4n) is 3.57. The Morgan fingerprint density at radius 1 is 1.34 bits per heavy atom. The van der Waals surface area contributed by atoms with E-state index in [9.17, 15) is 17.6 Å². The molecule has 3 N–H and O–H groups in total. The van der Waals surface area contributed by atoms with Gasteiger partial charge in [0.05, 0.1) is 11.5 Å². The molecule has 11 heteroatoms. The van der Waals surface area contributed by atoms with Crippen molar-refractivity contribution in [2.24, 2.45) is 4.99 Å². The maximum Gasteiger partial charge on any atom is 0.222 e. The van der Waals surface area contributed by atoms with E-state index < -0.39 is 9.84 Å². The van der Waals surface area contributed by atoms with Crippen LogP contribution in [0.5, 0.6) is 0 Å². The Morgan fingerprint density at radius 3 is 2.86 bits per heavy atom. The van der Waals surface area contributed by atoms with Crippen molar-refractivity contribution in [3.8, 4) is 0 Å². The molecule has 0 saturated carbocycles. The van der Waals surface area contributed by atoms with E-state index in [-0.39, 0.29) is 41.7 Å². The van der Waals surface area contributed by atoms with Crippen LogP contribution in [0.4, 0.5) is 10.2 Å². The lowest BCUT2D eigenvalue weighted by atomic mass is 10.2. The highest BCUT2D eigenvalue weighted by Gasteiger charge is 2.29. The molecule has 2 unspecified atom stereocenters. The summed E-state index contributed by atoms with van der Waals surface area (Å²) in [6.45, 7) is 1.66. The largest absolute Gasteiger partial charge is 0.356 e. The third-order valence-corrected chi connectivity index (χ3v) is 6.80. The van der Waals surface area contributed by atoms with Crippen LogP contribution < -0.4 is 20.9 Å². The SMILES string of the molecule is CN=C(NCCC(=O)NC1CCS(=O)(=O)C1)NC1CCN(c2ncccc2F)C1. The first-order chi connectivity index (χ1) is 13.9. The van der Waals surface area contributed by atoms with Crippen molar-refractivity contribution in [3.05, 3.63) is 24.1 Å². The van der Waals surface area contributed by atoms with Gasteiger partial charge in [0.2, 0.25) is 5.91 Å². The fraction of sp³-hybridized carbons (Fsp3) is 0.611. The number of carbonyl (C=O) groups is 1. The lowest BCUT2D eigenvalue weighted by molar-refractivity contribution is -0.121. The molecule has 9 nitrogen and oxygen atoms in total. The average Bonchev–Trinajstić information content (AvgIpc) is 3.27. The Balaban J connectivity index is 1.39. The van der Waals surface area contributed by atoms with E-state index in [0.717, 1.165) is 6.42 Å². The summed E-state index contributed by atoms with van der Waals surface area (Å²) in [6, 6.07) is 2.76. The molecular formula is C18H27FN6O3S. The van der Waals surface area contributed by atoms with E-state index in [1.54, 1.807) is 19.3 Å². The Labute approximate surface area is 170 Å². The molecule has 0 aliphatic carbocycles. The molecule has 160 valence electrons. The number of aromatic nitrogens is 1. The minimum atomic E-state index is -3.01. The van der Waals surface area contributed by atoms with E-state index in [0.29, 0.717) is 37.8 Å². The van der Waals surface area contributed by atoms with E-state index >= 15 is 0 Å². The molecule has 2 aliphatic heterocycles. The molecule has 2 saturated heterocycles. The summed E-state index contributed by atoms with van der Waals surface area (Å²) < 4.78 is 36.8. The van der Waals surface area contributed by atoms with E-state index in [2.05, 4.69) is 25.9 Å². The number of sulfone groups is 1. The number of hydrogen-bond acceptors (Lipinski definition) is 6. The molecule has 2 aliphatic rings. The monoisotopic (exact) mass is 426 g/mol. The summed E-state index contributed by atoms with van der Waals surface area (Å²) in [7, 11) is -1.37. The van der Waals surface area contributed by atoms with Crippen LogP contribution in [0.3, 0.4) is 0 Å². The van der Waals surface area contributed by atoms with Crippen LogP contribution in [0.25, 0.3) is 0 Å². The van der Waals surface area contributed by atoms with E-state index in [4.69, 9.17) is 0 Å². The van der Waals surface area contributed by atoms with Gasteiger partial charge in [0.1, 0.15) is 0 Å². The Bertz CT molecular complexity index is 863. The molecule has 29 heavy (non-hydrogen) atoms. The van der Waals surface area contributed by atoms with Crippen LogP contribution in [0.1, 0.15) is 19.3 Å². The number of amides is 1. The second kappa shape index (κ2) is 9.38. The first-order valence-corrected chi connectivity index (χ1v) is 11.5. The lowest BCUT2D eigenvalue weighted by Crippen LogP contribution is -2.46. The van der Waals surface area contributed by atoms with Gasteiger partial charge < -0.3 is 20.9 Å². The van der Waals surface area contributed by atoms with Crippen LogP contribution in [-0.2, 0) is 14.6 Å². The zero-order valence-electron chi connectivity index (χ0n) is 16.4. The van der Waals surface area contributed by atoms with Crippen molar-refractivity contribution in [2.45, 2.75) is 31.3 Å². The van der Waals surface area contributed by atoms with Gasteiger partial charge in [0.25, 0.3) is 0 Å². The summed E-state index contributed by atoms with van der Waals surface area (Å²) in [6.07, 6.45) is 3.08. The Hall–Kier alpha value is -2.43. The number of hydrogen-bond donors (Lipinski definition) is 3. The van der Waals surface area contributed by atoms with Gasteiger partial charge >= 0.3 is 0 Å². The van der Waals surface area contributed by atoms with Crippen LogP contribution in [0.15, 0.2) is 23.3 Å². The van der Waals surface area contributed by atoms with Gasteiger partial charge in [-0.3, -0.25) is 9.79 Å². The number of guanidine groups is 1. The zero-order chi connectivity index (χ0) is 20.9. The number of halogens is 1. The van der Waals surface area contributed by atoms with Crippen LogP contribution in [0, 0.1) is 5.82 Å². The lowest BCUT2D eigenvalue weighted by Gasteiger charge is -2.20. The van der Waals surface area contributed by atoms with Crippen molar-refractivity contribution in [1.82, 2.24) is 20.9 Å². The molecule has 0 bridgehead atoms. The maximum absolute atomic E-state index is 13.9. The first kappa shape index (κ1) is 21.3. The van der Waals surface area contributed by atoms with Gasteiger partial charge in [-0.15, -0.1) is 0 Å². The predicted molar refractivity (Wildman–Crippen MR) is 109 cm³/mol. The molecule has 1 aromatic heterocycles. The third-order valence-electron chi connectivity index (χ3n) is 5.03. The van der Waals surface area contributed by atoms with Gasteiger partial charge in [-0.1, -0.05) is 0 Å². The predicted octanol–water partition coefficient (Wildman–Crippen LogP) is -0.342. The van der Waals surface area contributed by atoms with Crippen molar-refractivity contribution in [3.63, 3.8) is 0 Å². The molecule has 1 aromatic rings. The molecule has 3 rings (SSSR count). The second-order valence-corrected chi connectivity index (χ2v) is 9.53. The van der Waals surface area contributed by atoms with Crippen LogP contribution in [0.2, 0.25) is 0 Å². The number of carbonyl (C=O) groups excluding carboxylic acids is 1. The number of aliphatic imine (C=N–C) groups is 1. The summed E-state index contributed by atoms with van der Waals surface area (Å²) >= 11 is 0. The van der Waals surface area contributed by atoms with Crippen molar-refractivity contribution in [1.29, 1.82) is 0 Å². The van der Waals surface area contributed by atoms with Gasteiger partial charge in [0, 0.05) is 51.4 Å². The topological polar surface area (TPSA) is 116 Å². The summed E-state index contributed by atoms with van der Waals surface area (Å²) in [5.74, 6) is 0.544. The number of nitrogens with one attached hydrogen (secondary N) is 3. The summed E-state index contributed by atoms with van der Waals surface area (Å²) in [5.41, 5.74) is 0. The number of rotatable bonds is 6. The minimum Gasteiger partial charge on any atom is -0.356 e. The van der Waals surface area contributed by atoms with Gasteiger partial charge in [-0.2, -0.15) is 0 Å². The van der Waals surface area contributed by atoms with Crippen LogP contribution >= 0.6 is 0 Å². The highest BCUT2D eigenvalue weighted by molar-refractivity contribution is 7.91. The average molecular weight is 427 g/mol. The van der Waals surface area contributed by atoms with E-state index in [1.165, 1.54) is 6.07 Å². The molecule has 1 amide bonds. The standard InChI is InChI=1S/C18H27FN6O3S/c1-20-18(22-8-4-16(26)23-14-6-10-29(27,28)12-14)24-13-5-9-25(11-13)17-15(19)3-2-7-21-17/h2-3,7,13-14H,4-6,8-12H2,1H3,(H,23,26)(H2,20,22,24). The number of nitrogens with zero attached hydrogens (tertiary/aromatic N) is 3. The Kier molecular flexibility index (Phi) is 6.88. The highest BCUT2D eigenvalue weighted by atomic mass is 32.2. The fourth-order valence-corrected chi connectivity index (χ4v) is 5.24. The van der Waals surface area contributed by atoms with Crippen molar-refractivity contribution >= 4 is 27.5 Å². The second-order valence-electron chi connectivity index (χ2n) is 7.30. The molecule has 2 atom stereocenters. The zero-order valence-corrected chi connectivity index (χ0v) is 17.2. The normalized spacial score (nSPS) is 23.8. The number of anilines is 1. The maximum atomic E-state index is 13.9. The summed E-state index contributed by atoms with van der Waals surface area (Å²) in [5, 5.41) is 9.13. The van der Waals surface area contributed by atoms with Gasteiger partial charge in [-0.05, 0) is 25.0 Å². The first-order valence-electron chi connectivity index (χ1n) is 9.69. The number of pyridine rings is 1. The van der Waals surface area contributed by atoms with Gasteiger partial charge in [-0.25, -0.2) is 17.8 Å². The molecule has 3 heterocycles.